The standard InChI is InChI=1S/C7H12N4O3/c1-2-14-7(13)6-9-5(10-11-6)4(12)3-8/h4,12H,2-3,8H2,1H3,(H,9,10,11). The summed E-state index contributed by atoms with van der Waals surface area (Å²) in [7, 11) is 0. The first-order valence-corrected chi connectivity index (χ1v) is 4.16. The van der Waals surface area contributed by atoms with Gasteiger partial charge in [0.25, 0.3) is 5.82 Å². The average molecular weight is 200 g/mol. The number of nitrogens with zero attached hydrogens (tertiary/aromatic N) is 2. The van der Waals surface area contributed by atoms with Gasteiger partial charge < -0.3 is 15.6 Å². The number of rotatable bonds is 4. The summed E-state index contributed by atoms with van der Waals surface area (Å²) in [5.41, 5.74) is 5.19. The zero-order valence-corrected chi connectivity index (χ0v) is 7.73. The number of hydrogen-bond acceptors (Lipinski definition) is 6. The highest BCUT2D eigenvalue weighted by molar-refractivity contribution is 5.84. The Morgan fingerprint density at radius 3 is 3.07 bits per heavy atom. The molecule has 1 heterocycles. The fourth-order valence-corrected chi connectivity index (χ4v) is 0.822. The van der Waals surface area contributed by atoms with Gasteiger partial charge in [-0.25, -0.2) is 9.78 Å². The van der Waals surface area contributed by atoms with Crippen LogP contribution in [0.25, 0.3) is 0 Å². The van der Waals surface area contributed by atoms with Crippen molar-refractivity contribution in [1.29, 1.82) is 0 Å². The van der Waals surface area contributed by atoms with E-state index >= 15 is 0 Å². The van der Waals surface area contributed by atoms with Crippen LogP contribution in [0.5, 0.6) is 0 Å². The van der Waals surface area contributed by atoms with Gasteiger partial charge in [-0.15, -0.1) is 5.10 Å². The summed E-state index contributed by atoms with van der Waals surface area (Å²) in [6.07, 6.45) is -0.939. The predicted octanol–water partition coefficient (Wildman–Crippen LogP) is -1.03. The fourth-order valence-electron chi connectivity index (χ4n) is 0.822. The van der Waals surface area contributed by atoms with E-state index in [0.29, 0.717) is 0 Å². The van der Waals surface area contributed by atoms with E-state index < -0.39 is 12.1 Å². The van der Waals surface area contributed by atoms with E-state index in [0.717, 1.165) is 0 Å². The Morgan fingerprint density at radius 1 is 1.79 bits per heavy atom. The van der Waals surface area contributed by atoms with Crippen LogP contribution in [0.15, 0.2) is 0 Å². The number of ether oxygens (including phenoxy) is 1. The molecule has 4 N–H and O–H groups in total. The minimum atomic E-state index is -0.939. The molecule has 1 aromatic heterocycles. The SMILES string of the molecule is CCOC(=O)c1n[nH]c(C(O)CN)n1. The number of esters is 1. The third-order valence-electron chi connectivity index (χ3n) is 1.50. The Bertz CT molecular complexity index is 312. The molecule has 14 heavy (non-hydrogen) atoms. The monoisotopic (exact) mass is 200 g/mol. The minimum Gasteiger partial charge on any atom is -0.460 e. The van der Waals surface area contributed by atoms with E-state index in [9.17, 15) is 9.90 Å². The molecule has 0 spiro atoms. The molecule has 1 atom stereocenters. The van der Waals surface area contributed by atoms with Crippen molar-refractivity contribution in [3.63, 3.8) is 0 Å². The number of nitrogens with two attached hydrogens (primary N) is 1. The van der Waals surface area contributed by atoms with Crippen LogP contribution in [0.1, 0.15) is 29.5 Å². The van der Waals surface area contributed by atoms with Crippen molar-refractivity contribution in [1.82, 2.24) is 15.2 Å². The summed E-state index contributed by atoms with van der Waals surface area (Å²) in [5.74, 6) is -0.566. The summed E-state index contributed by atoms with van der Waals surface area (Å²) in [6.45, 7) is 1.94. The van der Waals surface area contributed by atoms with Crippen LogP contribution >= 0.6 is 0 Å². The lowest BCUT2D eigenvalue weighted by Gasteiger charge is -2.00. The van der Waals surface area contributed by atoms with Crippen molar-refractivity contribution in [3.8, 4) is 0 Å². The lowest BCUT2D eigenvalue weighted by Crippen LogP contribution is -2.13. The van der Waals surface area contributed by atoms with Crippen LogP contribution < -0.4 is 5.73 Å². The number of carbonyl (C=O) groups is 1. The van der Waals surface area contributed by atoms with Gasteiger partial charge in [0.05, 0.1) is 6.61 Å². The molecule has 1 aromatic rings. The van der Waals surface area contributed by atoms with E-state index in [-0.39, 0.29) is 24.8 Å². The summed E-state index contributed by atoms with van der Waals surface area (Å²) >= 11 is 0. The van der Waals surface area contributed by atoms with Crippen molar-refractivity contribution < 1.29 is 14.6 Å². The Kier molecular flexibility index (Phi) is 3.55. The first-order valence-electron chi connectivity index (χ1n) is 4.16. The van der Waals surface area contributed by atoms with Crippen molar-refractivity contribution in [3.05, 3.63) is 11.6 Å². The quantitative estimate of drug-likeness (QED) is 0.535. The Morgan fingerprint density at radius 2 is 2.50 bits per heavy atom. The molecule has 1 unspecified atom stereocenters. The van der Waals surface area contributed by atoms with Crippen molar-refractivity contribution in [2.45, 2.75) is 13.0 Å². The number of carbonyl (C=O) groups excluding carboxylic acids is 1. The van der Waals surface area contributed by atoms with Gasteiger partial charge in [0, 0.05) is 6.54 Å². The van der Waals surface area contributed by atoms with Crippen molar-refractivity contribution in [2.24, 2.45) is 5.73 Å². The van der Waals surface area contributed by atoms with E-state index in [1.54, 1.807) is 6.92 Å². The largest absolute Gasteiger partial charge is 0.460 e. The topological polar surface area (TPSA) is 114 Å². The lowest BCUT2D eigenvalue weighted by atomic mass is 10.3. The number of aromatic amines is 1. The second-order valence-corrected chi connectivity index (χ2v) is 2.52. The van der Waals surface area contributed by atoms with Crippen LogP contribution in [0.4, 0.5) is 0 Å². The number of H-pyrrole nitrogens is 1. The normalized spacial score (nSPS) is 12.5. The van der Waals surface area contributed by atoms with Gasteiger partial charge in [-0.05, 0) is 6.92 Å². The molecule has 0 aliphatic carbocycles. The second-order valence-electron chi connectivity index (χ2n) is 2.52. The van der Waals surface area contributed by atoms with Crippen LogP contribution in [0, 0.1) is 0 Å². The van der Waals surface area contributed by atoms with Gasteiger partial charge in [-0.1, -0.05) is 0 Å². The van der Waals surface area contributed by atoms with Gasteiger partial charge in [-0.3, -0.25) is 5.10 Å². The third-order valence-corrected chi connectivity index (χ3v) is 1.50. The summed E-state index contributed by atoms with van der Waals surface area (Å²) in [6, 6.07) is 0. The number of aromatic nitrogens is 3. The van der Waals surface area contributed by atoms with Gasteiger partial charge in [0.1, 0.15) is 6.10 Å². The van der Waals surface area contributed by atoms with E-state index in [1.807, 2.05) is 0 Å². The van der Waals surface area contributed by atoms with E-state index in [1.165, 1.54) is 0 Å². The molecule has 0 aromatic carbocycles. The maximum Gasteiger partial charge on any atom is 0.378 e. The number of hydrogen-bond donors (Lipinski definition) is 3. The van der Waals surface area contributed by atoms with Crippen LogP contribution in [0.2, 0.25) is 0 Å². The van der Waals surface area contributed by atoms with Gasteiger partial charge in [0.15, 0.2) is 5.82 Å². The van der Waals surface area contributed by atoms with Crippen LogP contribution in [0.3, 0.4) is 0 Å². The molecule has 1 rings (SSSR count). The Labute approximate surface area is 80.3 Å². The van der Waals surface area contributed by atoms with E-state index in [2.05, 4.69) is 19.9 Å². The summed E-state index contributed by atoms with van der Waals surface area (Å²) in [4.78, 5) is 14.8. The molecule has 7 nitrogen and oxygen atoms in total. The second kappa shape index (κ2) is 4.68. The van der Waals surface area contributed by atoms with Gasteiger partial charge >= 0.3 is 5.97 Å². The van der Waals surface area contributed by atoms with Crippen molar-refractivity contribution >= 4 is 5.97 Å². The highest BCUT2D eigenvalue weighted by atomic mass is 16.5. The molecule has 0 bridgehead atoms. The smallest absolute Gasteiger partial charge is 0.378 e. The molecule has 0 radical (unpaired) electrons. The summed E-state index contributed by atoms with van der Waals surface area (Å²) in [5, 5.41) is 15.2. The first-order chi connectivity index (χ1) is 6.69. The maximum absolute atomic E-state index is 11.1. The van der Waals surface area contributed by atoms with E-state index in [4.69, 9.17) is 5.73 Å². The molecule has 7 heteroatoms. The Hall–Kier alpha value is -1.47. The van der Waals surface area contributed by atoms with Gasteiger partial charge in [-0.2, -0.15) is 0 Å². The number of aliphatic hydroxyl groups excluding tert-OH is 1. The predicted molar refractivity (Wildman–Crippen MR) is 46.4 cm³/mol. The van der Waals surface area contributed by atoms with Crippen molar-refractivity contribution in [2.75, 3.05) is 13.2 Å². The zero-order valence-electron chi connectivity index (χ0n) is 7.73. The molecule has 0 amide bonds. The van der Waals surface area contributed by atoms with Gasteiger partial charge in [0.2, 0.25) is 0 Å². The average Bonchev–Trinajstić information content (AvgIpc) is 2.66. The molecular formula is C7H12N4O3. The highest BCUT2D eigenvalue weighted by Crippen LogP contribution is 2.05. The Balaban J connectivity index is 2.72. The number of aliphatic hydroxyl groups is 1. The highest BCUT2D eigenvalue weighted by Gasteiger charge is 2.16. The molecule has 0 aliphatic heterocycles. The summed E-state index contributed by atoms with van der Waals surface area (Å²) < 4.78 is 4.66. The zero-order chi connectivity index (χ0) is 10.6. The molecule has 0 fully saturated rings. The van der Waals surface area contributed by atoms with Crippen LogP contribution in [-0.4, -0.2) is 39.4 Å². The molecule has 0 saturated heterocycles. The molecule has 78 valence electrons. The minimum absolute atomic E-state index is 0.0114. The first kappa shape index (κ1) is 10.6. The molecular weight excluding hydrogens is 188 g/mol. The molecule has 0 aliphatic rings. The lowest BCUT2D eigenvalue weighted by molar-refractivity contribution is 0.0512. The fraction of sp³-hybridized carbons (Fsp3) is 0.571. The number of nitrogens with one attached hydrogen (secondary N) is 1. The third kappa shape index (κ3) is 2.27. The van der Waals surface area contributed by atoms with Crippen LogP contribution in [-0.2, 0) is 4.74 Å². The molecule has 0 saturated carbocycles. The maximum atomic E-state index is 11.1.